The fourth-order valence-corrected chi connectivity index (χ4v) is 1.53. The quantitative estimate of drug-likeness (QED) is 0.363. The fraction of sp³-hybridized carbons (Fsp3) is 0.692. The first-order chi connectivity index (χ1) is 8.11. The topological polar surface area (TPSA) is 63.6 Å². The highest BCUT2D eigenvalue weighted by molar-refractivity contribution is 5.84. The van der Waals surface area contributed by atoms with Crippen LogP contribution in [0.4, 0.5) is 0 Å². The van der Waals surface area contributed by atoms with E-state index in [2.05, 4.69) is 13.5 Å². The van der Waals surface area contributed by atoms with Gasteiger partial charge in [0.05, 0.1) is 0 Å². The van der Waals surface area contributed by atoms with Crippen LogP contribution in [0.2, 0.25) is 0 Å². The predicted molar refractivity (Wildman–Crippen MR) is 65.7 cm³/mol. The molecule has 4 nitrogen and oxygen atoms in total. The highest BCUT2D eigenvalue weighted by Gasteiger charge is 2.20. The number of unbranched alkanes of at least 4 members (excludes halogenated alkanes) is 5. The minimum absolute atomic E-state index is 0.376. The van der Waals surface area contributed by atoms with Crippen molar-refractivity contribution in [1.29, 1.82) is 0 Å². The van der Waals surface area contributed by atoms with E-state index in [1.807, 2.05) is 0 Å². The van der Waals surface area contributed by atoms with Gasteiger partial charge in [-0.05, 0) is 12.8 Å². The molecular formula is C13H22O4. The van der Waals surface area contributed by atoms with Crippen molar-refractivity contribution in [2.45, 2.75) is 58.0 Å². The zero-order chi connectivity index (χ0) is 13.1. The summed E-state index contributed by atoms with van der Waals surface area (Å²) in [5.41, 5.74) is 0. The molecule has 1 unspecified atom stereocenters. The average molecular weight is 242 g/mol. The maximum Gasteiger partial charge on any atom is 0.345 e. The van der Waals surface area contributed by atoms with E-state index in [0.29, 0.717) is 6.42 Å². The number of carbonyl (C=O) groups is 2. The Morgan fingerprint density at radius 2 is 1.82 bits per heavy atom. The van der Waals surface area contributed by atoms with E-state index in [1.54, 1.807) is 0 Å². The Labute approximate surface area is 103 Å². The zero-order valence-corrected chi connectivity index (χ0v) is 10.5. The van der Waals surface area contributed by atoms with Gasteiger partial charge in [0.2, 0.25) is 0 Å². The number of ether oxygens (including phenoxy) is 1. The van der Waals surface area contributed by atoms with Crippen molar-refractivity contribution in [3.05, 3.63) is 12.7 Å². The summed E-state index contributed by atoms with van der Waals surface area (Å²) in [6.45, 7) is 5.38. The minimum Gasteiger partial charge on any atom is -0.479 e. The van der Waals surface area contributed by atoms with E-state index in [0.717, 1.165) is 25.3 Å². The Hall–Kier alpha value is -1.32. The summed E-state index contributed by atoms with van der Waals surface area (Å²) in [5, 5.41) is 8.85. The number of aliphatic carboxylic acids is 1. The maximum atomic E-state index is 10.9. The molecular weight excluding hydrogens is 220 g/mol. The van der Waals surface area contributed by atoms with Gasteiger partial charge in [-0.3, -0.25) is 0 Å². The highest BCUT2D eigenvalue weighted by Crippen LogP contribution is 2.11. The number of esters is 1. The largest absolute Gasteiger partial charge is 0.479 e. The molecule has 17 heavy (non-hydrogen) atoms. The molecule has 0 saturated heterocycles. The summed E-state index contributed by atoms with van der Waals surface area (Å²) in [4.78, 5) is 21.7. The lowest BCUT2D eigenvalue weighted by atomic mass is 10.1. The van der Waals surface area contributed by atoms with Crippen LogP contribution >= 0.6 is 0 Å². The first kappa shape index (κ1) is 15.7. The predicted octanol–water partition coefficient (Wildman–Crippen LogP) is 2.92. The van der Waals surface area contributed by atoms with Crippen LogP contribution in [0.15, 0.2) is 12.7 Å². The van der Waals surface area contributed by atoms with Gasteiger partial charge < -0.3 is 9.84 Å². The van der Waals surface area contributed by atoms with Gasteiger partial charge in [-0.2, -0.15) is 0 Å². The molecule has 0 aromatic heterocycles. The summed E-state index contributed by atoms with van der Waals surface area (Å²) in [6, 6.07) is 0. The van der Waals surface area contributed by atoms with E-state index in [9.17, 15) is 9.59 Å². The SMILES string of the molecule is C=CC(=O)OC(CCCCCCCC)C(=O)O. The van der Waals surface area contributed by atoms with Gasteiger partial charge in [0.25, 0.3) is 0 Å². The summed E-state index contributed by atoms with van der Waals surface area (Å²) >= 11 is 0. The summed E-state index contributed by atoms with van der Waals surface area (Å²) in [5.74, 6) is -1.77. The van der Waals surface area contributed by atoms with E-state index in [1.165, 1.54) is 19.3 Å². The molecule has 0 bridgehead atoms. The van der Waals surface area contributed by atoms with Crippen LogP contribution in [-0.4, -0.2) is 23.1 Å². The highest BCUT2D eigenvalue weighted by atomic mass is 16.6. The lowest BCUT2D eigenvalue weighted by molar-refractivity contribution is -0.161. The maximum absolute atomic E-state index is 10.9. The molecule has 0 amide bonds. The second kappa shape index (κ2) is 9.87. The van der Waals surface area contributed by atoms with E-state index in [4.69, 9.17) is 9.84 Å². The molecule has 0 aliphatic carbocycles. The number of carbonyl (C=O) groups excluding carboxylic acids is 1. The van der Waals surface area contributed by atoms with Crippen molar-refractivity contribution < 1.29 is 19.4 Å². The van der Waals surface area contributed by atoms with Crippen molar-refractivity contribution in [2.24, 2.45) is 0 Å². The lowest BCUT2D eigenvalue weighted by Gasteiger charge is -2.12. The molecule has 0 rings (SSSR count). The Morgan fingerprint density at radius 3 is 2.35 bits per heavy atom. The van der Waals surface area contributed by atoms with Crippen LogP contribution in [0.25, 0.3) is 0 Å². The standard InChI is InChI=1S/C13H22O4/c1-3-5-6-7-8-9-10-11(13(15)16)17-12(14)4-2/h4,11H,2-3,5-10H2,1H3,(H,15,16). The van der Waals surface area contributed by atoms with E-state index in [-0.39, 0.29) is 0 Å². The van der Waals surface area contributed by atoms with Gasteiger partial charge in [0.1, 0.15) is 0 Å². The number of carboxylic acid groups (broad SMARTS) is 1. The Morgan fingerprint density at radius 1 is 1.24 bits per heavy atom. The van der Waals surface area contributed by atoms with Crippen molar-refractivity contribution in [1.82, 2.24) is 0 Å². The Kier molecular flexibility index (Phi) is 9.11. The molecule has 4 heteroatoms. The molecule has 0 heterocycles. The van der Waals surface area contributed by atoms with Crippen LogP contribution in [0.3, 0.4) is 0 Å². The van der Waals surface area contributed by atoms with Crippen LogP contribution in [-0.2, 0) is 14.3 Å². The number of hydrogen-bond donors (Lipinski definition) is 1. The molecule has 0 aromatic rings. The van der Waals surface area contributed by atoms with Gasteiger partial charge in [0.15, 0.2) is 6.10 Å². The van der Waals surface area contributed by atoms with Gasteiger partial charge in [-0.1, -0.05) is 45.6 Å². The molecule has 0 aliphatic heterocycles. The van der Waals surface area contributed by atoms with Gasteiger partial charge >= 0.3 is 11.9 Å². The molecule has 0 aliphatic rings. The third-order valence-corrected chi connectivity index (χ3v) is 2.52. The summed E-state index contributed by atoms with van der Waals surface area (Å²) in [6.07, 6.45) is 6.77. The van der Waals surface area contributed by atoms with Gasteiger partial charge in [0, 0.05) is 6.08 Å². The molecule has 0 saturated carbocycles. The summed E-state index contributed by atoms with van der Waals surface area (Å²) < 4.78 is 4.73. The summed E-state index contributed by atoms with van der Waals surface area (Å²) in [7, 11) is 0. The number of carboxylic acids is 1. The molecule has 0 radical (unpaired) electrons. The van der Waals surface area contributed by atoms with Crippen molar-refractivity contribution in [2.75, 3.05) is 0 Å². The molecule has 98 valence electrons. The zero-order valence-electron chi connectivity index (χ0n) is 10.5. The average Bonchev–Trinajstić information content (AvgIpc) is 2.31. The Bertz CT molecular complexity index is 248. The third kappa shape index (κ3) is 8.48. The van der Waals surface area contributed by atoms with Crippen molar-refractivity contribution >= 4 is 11.9 Å². The van der Waals surface area contributed by atoms with Crippen LogP contribution < -0.4 is 0 Å². The van der Waals surface area contributed by atoms with E-state index >= 15 is 0 Å². The van der Waals surface area contributed by atoms with Crippen LogP contribution in [0.5, 0.6) is 0 Å². The first-order valence-corrected chi connectivity index (χ1v) is 6.17. The van der Waals surface area contributed by atoms with Gasteiger partial charge in [-0.25, -0.2) is 9.59 Å². The fourth-order valence-electron chi connectivity index (χ4n) is 1.53. The second-order valence-corrected chi connectivity index (χ2v) is 4.02. The van der Waals surface area contributed by atoms with Crippen molar-refractivity contribution in [3.8, 4) is 0 Å². The normalized spacial score (nSPS) is 11.8. The first-order valence-electron chi connectivity index (χ1n) is 6.17. The smallest absolute Gasteiger partial charge is 0.345 e. The van der Waals surface area contributed by atoms with Crippen LogP contribution in [0.1, 0.15) is 51.9 Å². The van der Waals surface area contributed by atoms with Crippen LogP contribution in [0, 0.1) is 0 Å². The van der Waals surface area contributed by atoms with E-state index < -0.39 is 18.0 Å². The lowest BCUT2D eigenvalue weighted by Crippen LogP contribution is -2.26. The molecule has 1 atom stereocenters. The third-order valence-electron chi connectivity index (χ3n) is 2.52. The Balaban J connectivity index is 3.74. The van der Waals surface area contributed by atoms with Gasteiger partial charge in [-0.15, -0.1) is 0 Å². The monoisotopic (exact) mass is 242 g/mol. The number of rotatable bonds is 10. The molecule has 0 fully saturated rings. The van der Waals surface area contributed by atoms with Crippen molar-refractivity contribution in [3.63, 3.8) is 0 Å². The second-order valence-electron chi connectivity index (χ2n) is 4.02. The minimum atomic E-state index is -1.09. The molecule has 0 spiro atoms. The number of hydrogen-bond acceptors (Lipinski definition) is 3. The molecule has 1 N–H and O–H groups in total. The molecule has 0 aromatic carbocycles.